The zero-order chi connectivity index (χ0) is 18.0. The third kappa shape index (κ3) is 3.91. The summed E-state index contributed by atoms with van der Waals surface area (Å²) < 4.78 is 34.9. The van der Waals surface area contributed by atoms with Gasteiger partial charge in [-0.15, -0.1) is 0 Å². The van der Waals surface area contributed by atoms with Gasteiger partial charge in [0, 0.05) is 10.5 Å². The molecule has 1 amide bonds. The highest BCUT2D eigenvalue weighted by Crippen LogP contribution is 2.25. The van der Waals surface area contributed by atoms with Crippen molar-refractivity contribution in [2.45, 2.75) is 4.90 Å². The van der Waals surface area contributed by atoms with Crippen molar-refractivity contribution in [3.63, 3.8) is 0 Å². The van der Waals surface area contributed by atoms with E-state index in [-0.39, 0.29) is 16.6 Å². The van der Waals surface area contributed by atoms with Gasteiger partial charge in [-0.05, 0) is 30.3 Å². The summed E-state index contributed by atoms with van der Waals surface area (Å²) in [5.41, 5.74) is 1.02. The third-order valence-electron chi connectivity index (χ3n) is 3.15. The van der Waals surface area contributed by atoms with Crippen LogP contribution in [0.1, 0.15) is 0 Å². The van der Waals surface area contributed by atoms with Gasteiger partial charge in [0.25, 0.3) is 0 Å². The van der Waals surface area contributed by atoms with E-state index in [1.165, 1.54) is 31.4 Å². The van der Waals surface area contributed by atoms with Crippen LogP contribution < -0.4 is 9.50 Å². The maximum Gasteiger partial charge on any atom is 0.413 e. The average Bonchev–Trinajstić information content (AvgIpc) is 2.95. The van der Waals surface area contributed by atoms with Gasteiger partial charge in [0.05, 0.1) is 18.1 Å². The number of carbonyl (C=O) groups excluding carboxylic acids is 1. The Morgan fingerprint density at radius 2 is 2.04 bits per heavy atom. The summed E-state index contributed by atoms with van der Waals surface area (Å²) in [5, 5.41) is 2.39. The molecule has 0 saturated carbocycles. The van der Waals surface area contributed by atoms with Gasteiger partial charge in [-0.2, -0.15) is 8.42 Å². The number of amides is 1. The summed E-state index contributed by atoms with van der Waals surface area (Å²) >= 11 is 3.22. The molecule has 8 nitrogen and oxygen atoms in total. The number of anilines is 1. The summed E-state index contributed by atoms with van der Waals surface area (Å²) in [6, 6.07) is 10.7. The largest absolute Gasteiger partial charge is 0.453 e. The highest BCUT2D eigenvalue weighted by atomic mass is 79.9. The molecule has 2 N–H and O–H groups in total. The second kappa shape index (κ2) is 6.73. The minimum atomic E-state index is -3.97. The molecule has 25 heavy (non-hydrogen) atoms. The molecule has 0 fully saturated rings. The summed E-state index contributed by atoms with van der Waals surface area (Å²) in [5.74, 6) is 0.287. The quantitative estimate of drug-likeness (QED) is 0.620. The lowest BCUT2D eigenvalue weighted by Gasteiger charge is -2.07. The molecule has 3 aromatic rings. The van der Waals surface area contributed by atoms with Gasteiger partial charge in [-0.1, -0.05) is 22.0 Å². The van der Waals surface area contributed by atoms with Crippen molar-refractivity contribution in [3.05, 3.63) is 46.9 Å². The summed E-state index contributed by atoms with van der Waals surface area (Å²) in [7, 11) is -2.74. The number of rotatable bonds is 4. The summed E-state index contributed by atoms with van der Waals surface area (Å²) in [4.78, 5) is 18.2. The van der Waals surface area contributed by atoms with E-state index in [4.69, 9.17) is 4.18 Å². The number of nitrogens with one attached hydrogen (secondary N) is 2. The molecule has 0 atom stereocenters. The van der Waals surface area contributed by atoms with Crippen LogP contribution in [0.2, 0.25) is 0 Å². The van der Waals surface area contributed by atoms with Gasteiger partial charge in [-0.25, -0.2) is 9.78 Å². The Morgan fingerprint density at radius 1 is 1.24 bits per heavy atom. The molecule has 0 radical (unpaired) electrons. The third-order valence-corrected chi connectivity index (χ3v) is 4.89. The fourth-order valence-electron chi connectivity index (χ4n) is 2.04. The second-order valence-electron chi connectivity index (χ2n) is 4.88. The number of methoxy groups -OCH3 is 1. The zero-order valence-electron chi connectivity index (χ0n) is 12.8. The van der Waals surface area contributed by atoms with Gasteiger partial charge >= 0.3 is 16.2 Å². The van der Waals surface area contributed by atoms with E-state index in [0.29, 0.717) is 15.5 Å². The first-order valence-corrected chi connectivity index (χ1v) is 9.12. The van der Waals surface area contributed by atoms with E-state index in [0.717, 1.165) is 0 Å². The average molecular weight is 426 g/mol. The van der Waals surface area contributed by atoms with Gasteiger partial charge in [-0.3, -0.25) is 5.32 Å². The van der Waals surface area contributed by atoms with Crippen LogP contribution in [0.3, 0.4) is 0 Å². The highest BCUT2D eigenvalue weighted by molar-refractivity contribution is 9.10. The minimum absolute atomic E-state index is 0.0274. The summed E-state index contributed by atoms with van der Waals surface area (Å²) in [6.07, 6.45) is -0.673. The normalized spacial score (nSPS) is 11.3. The first-order chi connectivity index (χ1) is 11.9. The Kier molecular flexibility index (Phi) is 4.64. The first-order valence-electron chi connectivity index (χ1n) is 6.92. The number of halogens is 1. The molecule has 1 heterocycles. The Morgan fingerprint density at radius 3 is 2.76 bits per heavy atom. The lowest BCUT2D eigenvalue weighted by Crippen LogP contribution is -2.11. The number of hydrogen-bond donors (Lipinski definition) is 2. The van der Waals surface area contributed by atoms with E-state index >= 15 is 0 Å². The minimum Gasteiger partial charge on any atom is -0.453 e. The van der Waals surface area contributed by atoms with Gasteiger partial charge in [0.15, 0.2) is 0 Å². The molecule has 2 aromatic carbocycles. The lowest BCUT2D eigenvalue weighted by atomic mass is 10.3. The number of imidazole rings is 1. The van der Waals surface area contributed by atoms with E-state index in [1.54, 1.807) is 18.2 Å². The van der Waals surface area contributed by atoms with Crippen molar-refractivity contribution in [2.75, 3.05) is 12.4 Å². The van der Waals surface area contributed by atoms with Crippen LogP contribution >= 0.6 is 15.9 Å². The number of aromatic nitrogens is 2. The van der Waals surface area contributed by atoms with Crippen LogP contribution in [-0.2, 0) is 14.9 Å². The van der Waals surface area contributed by atoms with Gasteiger partial charge < -0.3 is 13.9 Å². The van der Waals surface area contributed by atoms with Crippen LogP contribution in [0.15, 0.2) is 51.8 Å². The molecule has 3 rings (SSSR count). The molecule has 0 aliphatic rings. The fourth-order valence-corrected chi connectivity index (χ4v) is 3.57. The smallest absolute Gasteiger partial charge is 0.413 e. The monoisotopic (exact) mass is 425 g/mol. The topological polar surface area (TPSA) is 110 Å². The number of nitrogens with zero attached hydrogens (tertiary/aromatic N) is 1. The van der Waals surface area contributed by atoms with Crippen LogP contribution in [0.25, 0.3) is 11.0 Å². The molecule has 10 heteroatoms. The number of fused-ring (bicyclic) bond motifs is 1. The van der Waals surface area contributed by atoms with E-state index in [2.05, 4.69) is 36.0 Å². The van der Waals surface area contributed by atoms with Crippen molar-refractivity contribution < 1.29 is 22.1 Å². The highest BCUT2D eigenvalue weighted by Gasteiger charge is 2.17. The molecule has 0 spiro atoms. The predicted molar refractivity (Wildman–Crippen MR) is 94.1 cm³/mol. The van der Waals surface area contributed by atoms with Crippen LogP contribution in [0, 0.1) is 0 Å². The van der Waals surface area contributed by atoms with Crippen LogP contribution in [0.4, 0.5) is 10.7 Å². The lowest BCUT2D eigenvalue weighted by molar-refractivity contribution is 0.186. The SMILES string of the molecule is COC(=O)Nc1nc2ccc(OS(=O)(=O)c3cccc(Br)c3)cc2[nH]1. The Labute approximate surface area is 151 Å². The van der Waals surface area contributed by atoms with Crippen LogP contribution in [-0.4, -0.2) is 31.6 Å². The second-order valence-corrected chi connectivity index (χ2v) is 7.34. The van der Waals surface area contributed by atoms with E-state index in [1.807, 2.05) is 0 Å². The van der Waals surface area contributed by atoms with Crippen LogP contribution in [0.5, 0.6) is 5.75 Å². The molecule has 130 valence electrons. The maximum atomic E-state index is 12.3. The van der Waals surface area contributed by atoms with Gasteiger partial charge in [0.1, 0.15) is 10.6 Å². The van der Waals surface area contributed by atoms with Crippen molar-refractivity contribution in [3.8, 4) is 5.75 Å². The van der Waals surface area contributed by atoms with E-state index in [9.17, 15) is 13.2 Å². The molecule has 0 aliphatic heterocycles. The van der Waals surface area contributed by atoms with Crippen molar-refractivity contribution in [1.82, 2.24) is 9.97 Å². The van der Waals surface area contributed by atoms with Crippen molar-refractivity contribution in [2.24, 2.45) is 0 Å². The number of benzene rings is 2. The number of aromatic amines is 1. The van der Waals surface area contributed by atoms with E-state index < -0.39 is 16.2 Å². The van der Waals surface area contributed by atoms with Crippen molar-refractivity contribution in [1.29, 1.82) is 0 Å². The molecular weight excluding hydrogens is 414 g/mol. The fraction of sp³-hybridized carbons (Fsp3) is 0.0667. The Hall–Kier alpha value is -2.59. The first kappa shape index (κ1) is 17.2. The Balaban J connectivity index is 1.87. The predicted octanol–water partition coefficient (Wildman–Crippen LogP) is 3.27. The molecule has 0 bridgehead atoms. The Bertz CT molecular complexity index is 1050. The number of ether oxygens (including phenoxy) is 1. The van der Waals surface area contributed by atoms with Crippen molar-refractivity contribution >= 4 is 49.1 Å². The molecule has 0 aliphatic carbocycles. The molecule has 0 saturated heterocycles. The molecule has 0 unspecified atom stereocenters. The maximum absolute atomic E-state index is 12.3. The zero-order valence-corrected chi connectivity index (χ0v) is 15.2. The number of carbonyl (C=O) groups is 1. The molecular formula is C15H12BrN3O5S. The standard InChI is InChI=1S/C15H12BrN3O5S/c1-23-15(20)19-14-17-12-6-5-10(8-13(12)18-14)24-25(21,22)11-4-2-3-9(16)7-11/h2-8H,1H3,(H2,17,18,19,20). The summed E-state index contributed by atoms with van der Waals surface area (Å²) in [6.45, 7) is 0. The molecule has 1 aromatic heterocycles. The van der Waals surface area contributed by atoms with Gasteiger partial charge in [0.2, 0.25) is 5.95 Å². The number of H-pyrrole nitrogens is 1. The number of hydrogen-bond acceptors (Lipinski definition) is 6.